The summed E-state index contributed by atoms with van der Waals surface area (Å²) in [4.78, 5) is 12.9. The number of hydrogen-bond donors (Lipinski definition) is 2. The molecule has 1 aromatic rings. The van der Waals surface area contributed by atoms with E-state index in [-0.39, 0.29) is 37.7 Å². The zero-order valence-electron chi connectivity index (χ0n) is 15.5. The van der Waals surface area contributed by atoms with Crippen molar-refractivity contribution in [2.24, 2.45) is 17.3 Å². The summed E-state index contributed by atoms with van der Waals surface area (Å²) in [6.45, 7) is 1.57. The largest absolute Gasteiger partial charge is 0.506 e. The Morgan fingerprint density at radius 3 is 2.52 bits per heavy atom. The van der Waals surface area contributed by atoms with Crippen LogP contribution in [-0.4, -0.2) is 29.5 Å². The van der Waals surface area contributed by atoms with Gasteiger partial charge in [0.25, 0.3) is 0 Å². The Labute approximate surface area is 169 Å². The van der Waals surface area contributed by atoms with Crippen molar-refractivity contribution in [2.75, 3.05) is 11.1 Å². The number of alkyl halides is 1. The van der Waals surface area contributed by atoms with Crippen LogP contribution in [0.2, 0.25) is 0 Å². The molecule has 4 aliphatic carbocycles. The Morgan fingerprint density at radius 2 is 1.93 bits per heavy atom. The van der Waals surface area contributed by atoms with Crippen LogP contribution in [0, 0.1) is 17.3 Å². The van der Waals surface area contributed by atoms with Crippen molar-refractivity contribution >= 4 is 37.4 Å². The number of carbonyl (C=O) groups is 1. The van der Waals surface area contributed by atoms with Crippen LogP contribution in [0.3, 0.4) is 0 Å². The second kappa shape index (κ2) is 6.48. The molecule has 4 fully saturated rings. The minimum atomic E-state index is -3.39. The maximum atomic E-state index is 12.8. The van der Waals surface area contributed by atoms with E-state index in [1.165, 1.54) is 37.5 Å². The number of carbonyl (C=O) groups excluding carboxylic acids is 1. The predicted molar refractivity (Wildman–Crippen MR) is 108 cm³/mol. The number of sulfone groups is 1. The first-order valence-electron chi connectivity index (χ1n) is 9.67. The number of amides is 1. The minimum Gasteiger partial charge on any atom is -0.506 e. The van der Waals surface area contributed by atoms with E-state index in [1.807, 2.05) is 0 Å². The molecule has 5 rings (SSSR count). The number of nitrogens with one attached hydrogen (secondary N) is 1. The lowest BCUT2D eigenvalue weighted by Crippen LogP contribution is -2.53. The first-order chi connectivity index (χ1) is 12.6. The quantitative estimate of drug-likeness (QED) is 0.513. The van der Waals surface area contributed by atoms with Crippen molar-refractivity contribution < 1.29 is 18.3 Å². The summed E-state index contributed by atoms with van der Waals surface area (Å²) in [6.07, 6.45) is 7.36. The molecule has 0 spiro atoms. The Morgan fingerprint density at radius 1 is 1.26 bits per heavy atom. The molecule has 1 aromatic carbocycles. The molecule has 4 saturated carbocycles. The van der Waals surface area contributed by atoms with Crippen LogP contribution in [0.1, 0.15) is 51.9 Å². The smallest absolute Gasteiger partial charge is 0.225 e. The highest BCUT2D eigenvalue weighted by molar-refractivity contribution is 9.10. The Bertz CT molecular complexity index is 868. The monoisotopic (exact) mass is 455 g/mol. The Hall–Kier alpha value is -1.08. The second-order valence-corrected chi connectivity index (χ2v) is 12.9. The first kappa shape index (κ1) is 19.2. The highest BCUT2D eigenvalue weighted by Gasteiger charge is 2.57. The summed E-state index contributed by atoms with van der Waals surface area (Å²) < 4.78 is 24.4. The maximum Gasteiger partial charge on any atom is 0.225 e. The van der Waals surface area contributed by atoms with Crippen molar-refractivity contribution in [3.05, 3.63) is 18.2 Å². The summed E-state index contributed by atoms with van der Waals surface area (Å²) in [7, 11) is -3.39. The molecule has 2 unspecified atom stereocenters. The average Bonchev–Trinajstić information content (AvgIpc) is 2.53. The SMILES string of the molecule is CCS(=O)(=O)c1ccc(O)c(NC(=O)CC23CC4CC(CC(Br)(C4)C2)C3)c1. The van der Waals surface area contributed by atoms with E-state index < -0.39 is 9.84 Å². The molecule has 4 aliphatic rings. The number of aromatic hydroxyl groups is 1. The molecule has 0 aliphatic heterocycles. The lowest BCUT2D eigenvalue weighted by Gasteiger charge is -2.60. The predicted octanol–water partition coefficient (Wildman–Crippen LogP) is 4.25. The Kier molecular flexibility index (Phi) is 4.62. The van der Waals surface area contributed by atoms with E-state index in [2.05, 4.69) is 21.2 Å². The molecule has 4 bridgehead atoms. The van der Waals surface area contributed by atoms with E-state index in [1.54, 1.807) is 6.92 Å². The van der Waals surface area contributed by atoms with E-state index in [9.17, 15) is 18.3 Å². The molecule has 5 nitrogen and oxygen atoms in total. The van der Waals surface area contributed by atoms with E-state index in [0.29, 0.717) is 18.3 Å². The molecule has 0 aromatic heterocycles. The summed E-state index contributed by atoms with van der Waals surface area (Å²) >= 11 is 3.96. The molecule has 0 saturated heterocycles. The van der Waals surface area contributed by atoms with E-state index in [4.69, 9.17) is 0 Å². The normalized spacial score (nSPS) is 34.6. The van der Waals surface area contributed by atoms with Gasteiger partial charge in [-0.1, -0.05) is 22.9 Å². The van der Waals surface area contributed by atoms with Crippen LogP contribution in [-0.2, 0) is 14.6 Å². The summed E-state index contributed by atoms with van der Waals surface area (Å²) in [6, 6.07) is 4.06. The molecule has 7 heteroatoms. The standard InChI is InChI=1S/C20H26BrNO4S/c1-2-27(25,26)15-3-4-17(23)16(6-15)22-18(24)11-19-7-13-5-14(8-19)10-20(21,9-13)12-19/h3-4,6,13-14,23H,2,5,7-12H2,1H3,(H,22,24). The molecular formula is C20H26BrNO4S. The summed E-state index contributed by atoms with van der Waals surface area (Å²) in [5, 5.41) is 12.8. The molecule has 0 radical (unpaired) electrons. The highest BCUT2D eigenvalue weighted by Crippen LogP contribution is 2.65. The number of rotatable bonds is 5. The number of halogens is 1. The van der Waals surface area contributed by atoms with Gasteiger partial charge in [0.15, 0.2) is 9.84 Å². The topological polar surface area (TPSA) is 83.5 Å². The van der Waals surface area contributed by atoms with Gasteiger partial charge in [0.05, 0.1) is 16.3 Å². The van der Waals surface area contributed by atoms with Crippen molar-refractivity contribution in [1.29, 1.82) is 0 Å². The summed E-state index contributed by atoms with van der Waals surface area (Å²) in [5.74, 6) is 1.12. The van der Waals surface area contributed by atoms with Gasteiger partial charge in [0.2, 0.25) is 5.91 Å². The lowest BCUT2D eigenvalue weighted by atomic mass is 9.48. The number of phenolic OH excluding ortho intramolecular Hbond substituents is 1. The molecular weight excluding hydrogens is 430 g/mol. The fourth-order valence-electron chi connectivity index (χ4n) is 6.05. The number of benzene rings is 1. The summed E-state index contributed by atoms with van der Waals surface area (Å²) in [5.41, 5.74) is 0.202. The zero-order chi connectivity index (χ0) is 19.4. The van der Waals surface area contributed by atoms with Gasteiger partial charge in [-0.2, -0.15) is 0 Å². The maximum absolute atomic E-state index is 12.8. The number of hydrogen-bond acceptors (Lipinski definition) is 4. The highest BCUT2D eigenvalue weighted by atomic mass is 79.9. The van der Waals surface area contributed by atoms with Crippen molar-refractivity contribution in [3.63, 3.8) is 0 Å². The fraction of sp³-hybridized carbons (Fsp3) is 0.650. The van der Waals surface area contributed by atoms with E-state index in [0.717, 1.165) is 19.3 Å². The molecule has 0 heterocycles. The fourth-order valence-corrected chi connectivity index (χ4v) is 8.47. The third kappa shape index (κ3) is 3.65. The van der Waals surface area contributed by atoms with Gasteiger partial charge < -0.3 is 10.4 Å². The van der Waals surface area contributed by atoms with Crippen LogP contribution in [0.4, 0.5) is 5.69 Å². The molecule has 2 N–H and O–H groups in total. The van der Waals surface area contributed by atoms with Gasteiger partial charge in [-0.15, -0.1) is 0 Å². The number of phenols is 1. The second-order valence-electron chi connectivity index (χ2n) is 8.92. The Balaban J connectivity index is 1.51. The molecule has 2 atom stereocenters. The minimum absolute atomic E-state index is 0.0234. The van der Waals surface area contributed by atoms with Crippen LogP contribution in [0.5, 0.6) is 5.75 Å². The molecule has 1 amide bonds. The zero-order valence-corrected chi connectivity index (χ0v) is 17.9. The number of anilines is 1. The van der Waals surface area contributed by atoms with Gasteiger partial charge in [0.1, 0.15) is 5.75 Å². The van der Waals surface area contributed by atoms with Crippen LogP contribution in [0.15, 0.2) is 23.1 Å². The van der Waals surface area contributed by atoms with Crippen LogP contribution < -0.4 is 5.32 Å². The van der Waals surface area contributed by atoms with Gasteiger partial charge in [-0.3, -0.25) is 4.79 Å². The average molecular weight is 456 g/mol. The van der Waals surface area contributed by atoms with Gasteiger partial charge in [-0.25, -0.2) is 8.42 Å². The van der Waals surface area contributed by atoms with Crippen LogP contribution in [0.25, 0.3) is 0 Å². The van der Waals surface area contributed by atoms with Crippen molar-refractivity contribution in [2.45, 2.75) is 61.1 Å². The van der Waals surface area contributed by atoms with E-state index >= 15 is 0 Å². The van der Waals surface area contributed by atoms with Crippen molar-refractivity contribution in [1.82, 2.24) is 0 Å². The van der Waals surface area contributed by atoms with Gasteiger partial charge >= 0.3 is 0 Å². The first-order valence-corrected chi connectivity index (χ1v) is 12.1. The van der Waals surface area contributed by atoms with Crippen LogP contribution >= 0.6 is 15.9 Å². The van der Waals surface area contributed by atoms with Gasteiger partial charge in [0, 0.05) is 10.7 Å². The van der Waals surface area contributed by atoms with Gasteiger partial charge in [-0.05, 0) is 74.0 Å². The molecule has 148 valence electrons. The lowest BCUT2D eigenvalue weighted by molar-refractivity contribution is -0.123. The third-order valence-corrected chi connectivity index (χ3v) is 9.29. The van der Waals surface area contributed by atoms with Crippen molar-refractivity contribution in [3.8, 4) is 5.75 Å². The molecule has 27 heavy (non-hydrogen) atoms. The third-order valence-electron chi connectivity index (χ3n) is 6.63.